The van der Waals surface area contributed by atoms with Gasteiger partial charge in [-0.25, -0.2) is 0 Å². The van der Waals surface area contributed by atoms with Crippen LogP contribution in [-0.2, 0) is 0 Å². The van der Waals surface area contributed by atoms with Crippen LogP contribution < -0.4 is 0 Å². The van der Waals surface area contributed by atoms with E-state index in [1.165, 1.54) is 31.3 Å². The monoisotopic (exact) mass is 432 g/mol. The van der Waals surface area contributed by atoms with Crippen molar-refractivity contribution in [2.45, 2.75) is 109 Å². The van der Waals surface area contributed by atoms with E-state index in [-0.39, 0.29) is 5.41 Å². The summed E-state index contributed by atoms with van der Waals surface area (Å²) in [5.41, 5.74) is 2.64. The highest BCUT2D eigenvalue weighted by Crippen LogP contribution is 2.60. The van der Waals surface area contributed by atoms with Crippen molar-refractivity contribution in [2.24, 2.45) is 23.2 Å². The molecule has 0 aromatic carbocycles. The number of hydrogen-bond donors (Lipinski definition) is 4. The van der Waals surface area contributed by atoms with Crippen molar-refractivity contribution in [1.82, 2.24) is 0 Å². The summed E-state index contributed by atoms with van der Waals surface area (Å²) in [5.74, 6) is 1.57. The largest absolute Gasteiger partial charge is 0.393 e. The van der Waals surface area contributed by atoms with Gasteiger partial charge in [0.25, 0.3) is 0 Å². The predicted octanol–water partition coefficient (Wildman–Crippen LogP) is 4.68. The summed E-state index contributed by atoms with van der Waals surface area (Å²) in [6.07, 6.45) is 10.8. The van der Waals surface area contributed by atoms with Gasteiger partial charge in [-0.05, 0) is 93.1 Å². The molecule has 0 unspecified atom stereocenters. The molecule has 0 radical (unpaired) electrons. The fraction of sp³-hybridized carbons (Fsp3) is 0.778. The minimum Gasteiger partial charge on any atom is -0.393 e. The van der Waals surface area contributed by atoms with Crippen LogP contribution in [0.25, 0.3) is 0 Å². The summed E-state index contributed by atoms with van der Waals surface area (Å²) in [4.78, 5) is 0. The van der Waals surface area contributed by atoms with Crippen molar-refractivity contribution in [3.63, 3.8) is 0 Å². The summed E-state index contributed by atoms with van der Waals surface area (Å²) in [6.45, 7) is 12.3. The summed E-state index contributed by atoms with van der Waals surface area (Å²) in [5, 5.41) is 40.7. The predicted molar refractivity (Wildman–Crippen MR) is 125 cm³/mol. The molecule has 31 heavy (non-hydrogen) atoms. The summed E-state index contributed by atoms with van der Waals surface area (Å²) in [7, 11) is 0. The molecular formula is C27H44O4. The molecule has 0 amide bonds. The number of fused-ring (bicyclic) bond motifs is 1. The smallest absolute Gasteiger partial charge is 0.0811 e. The molecule has 3 aliphatic rings. The van der Waals surface area contributed by atoms with Crippen molar-refractivity contribution in [3.8, 4) is 0 Å². The van der Waals surface area contributed by atoms with E-state index in [1.54, 1.807) is 13.8 Å². The SMILES string of the molecule is C=C1C(=CC=C2CCC[C@]3(C)[C@@H]([C@H](C)C[C@H](O)CC(C)(C)O)CC[C@@H]23)C[C@@H](O)C[C@@H]1O. The van der Waals surface area contributed by atoms with Crippen LogP contribution in [0.2, 0.25) is 0 Å². The number of hydrogen-bond acceptors (Lipinski definition) is 4. The third kappa shape index (κ3) is 5.71. The first-order valence-electron chi connectivity index (χ1n) is 12.3. The van der Waals surface area contributed by atoms with Gasteiger partial charge < -0.3 is 20.4 Å². The fourth-order valence-corrected chi connectivity index (χ4v) is 6.93. The maximum atomic E-state index is 10.5. The Labute approximate surface area is 188 Å². The van der Waals surface area contributed by atoms with Gasteiger partial charge in [0.1, 0.15) is 0 Å². The maximum Gasteiger partial charge on any atom is 0.0811 e. The molecule has 0 saturated heterocycles. The zero-order valence-corrected chi connectivity index (χ0v) is 20.0. The van der Waals surface area contributed by atoms with Crippen molar-refractivity contribution in [2.75, 3.05) is 0 Å². The lowest BCUT2D eigenvalue weighted by Crippen LogP contribution is -2.37. The number of allylic oxidation sites excluding steroid dienone is 3. The van der Waals surface area contributed by atoms with E-state index in [2.05, 4.69) is 32.6 Å². The lowest BCUT2D eigenvalue weighted by Gasteiger charge is -2.44. The molecular weight excluding hydrogens is 388 g/mol. The second kappa shape index (κ2) is 9.51. The van der Waals surface area contributed by atoms with Crippen LogP contribution in [0.3, 0.4) is 0 Å². The van der Waals surface area contributed by atoms with E-state index in [0.29, 0.717) is 37.0 Å². The number of rotatable bonds is 6. The molecule has 3 fully saturated rings. The molecule has 0 spiro atoms. The van der Waals surface area contributed by atoms with Gasteiger partial charge in [0, 0.05) is 12.8 Å². The third-order valence-electron chi connectivity index (χ3n) is 8.37. The van der Waals surface area contributed by atoms with Crippen LogP contribution in [0.1, 0.15) is 85.5 Å². The molecule has 4 nitrogen and oxygen atoms in total. The first kappa shape index (κ1) is 24.7. The minimum atomic E-state index is -0.834. The van der Waals surface area contributed by atoms with E-state index < -0.39 is 23.9 Å². The summed E-state index contributed by atoms with van der Waals surface area (Å²) in [6, 6.07) is 0. The van der Waals surface area contributed by atoms with Crippen LogP contribution in [0.5, 0.6) is 0 Å². The van der Waals surface area contributed by atoms with E-state index in [0.717, 1.165) is 24.0 Å². The van der Waals surface area contributed by atoms with Crippen LogP contribution in [0.15, 0.2) is 35.5 Å². The Bertz CT molecular complexity index is 715. The molecule has 0 bridgehead atoms. The van der Waals surface area contributed by atoms with E-state index in [9.17, 15) is 20.4 Å². The van der Waals surface area contributed by atoms with Crippen molar-refractivity contribution < 1.29 is 20.4 Å². The molecule has 3 saturated carbocycles. The molecule has 4 heteroatoms. The Kier molecular flexibility index (Phi) is 7.57. The van der Waals surface area contributed by atoms with Crippen LogP contribution in [-0.4, -0.2) is 44.3 Å². The van der Waals surface area contributed by atoms with Gasteiger partial charge in [-0.15, -0.1) is 0 Å². The van der Waals surface area contributed by atoms with Crippen LogP contribution in [0.4, 0.5) is 0 Å². The third-order valence-corrected chi connectivity index (χ3v) is 8.37. The molecule has 3 rings (SSSR count). The molecule has 4 N–H and O–H groups in total. The van der Waals surface area contributed by atoms with Gasteiger partial charge in [0.2, 0.25) is 0 Å². The van der Waals surface area contributed by atoms with Crippen LogP contribution in [0, 0.1) is 23.2 Å². The Balaban J connectivity index is 1.72. The highest BCUT2D eigenvalue weighted by Gasteiger charge is 2.50. The van der Waals surface area contributed by atoms with Gasteiger partial charge in [0.05, 0.1) is 23.9 Å². The molecule has 0 aliphatic heterocycles. The summed E-state index contributed by atoms with van der Waals surface area (Å²) < 4.78 is 0. The second-order valence-corrected chi connectivity index (χ2v) is 11.5. The highest BCUT2D eigenvalue weighted by molar-refractivity contribution is 5.38. The Morgan fingerprint density at radius 1 is 1.23 bits per heavy atom. The standard InChI is InChI=1S/C27H44O4/c1-17(13-22(29)16-26(3,4)31)23-10-11-24-19(7-6-12-27(23,24)5)8-9-20-14-21(28)15-25(30)18(20)2/h8-9,17,21-25,28-31H,2,6-7,10-16H2,1,3-5H3/t17-,21-,22+,23-,24+,25+,27-/m1/s1. The topological polar surface area (TPSA) is 80.9 Å². The lowest BCUT2D eigenvalue weighted by molar-refractivity contribution is 0.000127. The molecule has 0 aromatic rings. The molecule has 0 aromatic heterocycles. The van der Waals surface area contributed by atoms with Crippen LogP contribution >= 0.6 is 0 Å². The summed E-state index contributed by atoms with van der Waals surface area (Å²) >= 11 is 0. The normalized spacial score (nSPS) is 39.0. The van der Waals surface area contributed by atoms with Crippen molar-refractivity contribution in [1.29, 1.82) is 0 Å². The zero-order valence-electron chi connectivity index (χ0n) is 20.0. The van der Waals surface area contributed by atoms with E-state index >= 15 is 0 Å². The Morgan fingerprint density at radius 3 is 2.61 bits per heavy atom. The molecule has 3 aliphatic carbocycles. The van der Waals surface area contributed by atoms with Gasteiger partial charge in [-0.2, -0.15) is 0 Å². The van der Waals surface area contributed by atoms with Gasteiger partial charge in [-0.1, -0.05) is 38.2 Å². The molecule has 0 heterocycles. The van der Waals surface area contributed by atoms with Crippen molar-refractivity contribution >= 4 is 0 Å². The fourth-order valence-electron chi connectivity index (χ4n) is 6.93. The van der Waals surface area contributed by atoms with Gasteiger partial charge in [-0.3, -0.25) is 0 Å². The molecule has 176 valence electrons. The first-order valence-corrected chi connectivity index (χ1v) is 12.3. The minimum absolute atomic E-state index is 0.249. The number of aliphatic hydroxyl groups excluding tert-OH is 3. The van der Waals surface area contributed by atoms with Crippen molar-refractivity contribution in [3.05, 3.63) is 35.5 Å². The Morgan fingerprint density at radius 2 is 1.94 bits per heavy atom. The van der Waals surface area contributed by atoms with E-state index in [1.807, 2.05) is 0 Å². The highest BCUT2D eigenvalue weighted by atomic mass is 16.3. The maximum absolute atomic E-state index is 10.5. The number of aliphatic hydroxyl groups is 4. The first-order chi connectivity index (χ1) is 14.4. The van der Waals surface area contributed by atoms with Gasteiger partial charge >= 0.3 is 0 Å². The average Bonchev–Trinajstić information content (AvgIpc) is 2.99. The lowest BCUT2D eigenvalue weighted by atomic mass is 9.60. The quantitative estimate of drug-likeness (QED) is 0.491. The second-order valence-electron chi connectivity index (χ2n) is 11.5. The molecule has 7 atom stereocenters. The van der Waals surface area contributed by atoms with Gasteiger partial charge in [0.15, 0.2) is 0 Å². The Hall–Kier alpha value is -0.940. The average molecular weight is 433 g/mol. The van der Waals surface area contributed by atoms with E-state index in [4.69, 9.17) is 0 Å². The zero-order chi connectivity index (χ0) is 23.0.